The number of rotatable bonds is 4. The zero-order chi connectivity index (χ0) is 13.8. The summed E-state index contributed by atoms with van der Waals surface area (Å²) < 4.78 is 5.43. The van der Waals surface area contributed by atoms with Gasteiger partial charge in [0.15, 0.2) is 0 Å². The van der Waals surface area contributed by atoms with Crippen LogP contribution in [0.25, 0.3) is 0 Å². The number of anilines is 1. The summed E-state index contributed by atoms with van der Waals surface area (Å²) in [7, 11) is 0. The van der Waals surface area contributed by atoms with E-state index in [9.17, 15) is 0 Å². The van der Waals surface area contributed by atoms with Gasteiger partial charge in [-0.1, -0.05) is 65.8 Å². The normalized spacial score (nSPS) is 12.2. The molecule has 1 atom stereocenters. The predicted octanol–water partition coefficient (Wildman–Crippen LogP) is 3.03. The molecule has 4 nitrogen and oxygen atoms in total. The summed E-state index contributed by atoms with van der Waals surface area (Å²) in [6.07, 6.45) is 0.798. The van der Waals surface area contributed by atoms with E-state index in [0.717, 1.165) is 12.0 Å². The molecule has 0 amide bonds. The Hall–Kier alpha value is -2.62. The molecule has 0 aliphatic heterocycles. The van der Waals surface area contributed by atoms with Crippen molar-refractivity contribution in [1.82, 2.24) is 10.2 Å². The Morgan fingerprint density at radius 2 is 1.55 bits per heavy atom. The van der Waals surface area contributed by atoms with Crippen molar-refractivity contribution in [3.63, 3.8) is 0 Å². The Balaban J connectivity index is 1.96. The minimum atomic E-state index is 0.0170. The molecule has 2 N–H and O–H groups in total. The average Bonchev–Trinajstić information content (AvgIpc) is 2.93. The average molecular weight is 265 g/mol. The first-order valence-corrected chi connectivity index (χ1v) is 6.50. The molecule has 1 unspecified atom stereocenters. The number of aromatic nitrogens is 2. The first-order chi connectivity index (χ1) is 9.83. The molecule has 0 fully saturated rings. The molecule has 1 heterocycles. The molecule has 0 saturated heterocycles. The number of nitrogen functional groups attached to an aromatic ring is 1. The van der Waals surface area contributed by atoms with Crippen LogP contribution in [-0.2, 0) is 6.42 Å². The SMILES string of the molecule is Nc1nnc(C(Cc2ccccc2)c2ccccc2)o1. The standard InChI is InChI=1S/C16H15N3O/c17-16-19-18-15(20-16)14(13-9-5-2-6-10-13)11-12-7-3-1-4-8-12/h1-10,14H,11H2,(H2,17,19). The third kappa shape index (κ3) is 2.69. The Morgan fingerprint density at radius 3 is 2.15 bits per heavy atom. The van der Waals surface area contributed by atoms with E-state index in [2.05, 4.69) is 34.5 Å². The van der Waals surface area contributed by atoms with Gasteiger partial charge in [-0.05, 0) is 17.5 Å². The van der Waals surface area contributed by atoms with Crippen LogP contribution in [-0.4, -0.2) is 10.2 Å². The number of benzene rings is 2. The second-order valence-corrected chi connectivity index (χ2v) is 4.63. The monoisotopic (exact) mass is 265 g/mol. The van der Waals surface area contributed by atoms with Crippen molar-refractivity contribution in [2.24, 2.45) is 0 Å². The number of nitrogens with zero attached hydrogens (tertiary/aromatic N) is 2. The number of nitrogens with two attached hydrogens (primary N) is 1. The lowest BCUT2D eigenvalue weighted by molar-refractivity contribution is 0.481. The smallest absolute Gasteiger partial charge is 0.312 e. The molecule has 3 rings (SSSR count). The van der Waals surface area contributed by atoms with Gasteiger partial charge in [-0.15, -0.1) is 5.10 Å². The maximum atomic E-state index is 5.55. The van der Waals surface area contributed by atoms with Gasteiger partial charge in [0.2, 0.25) is 5.89 Å². The van der Waals surface area contributed by atoms with E-state index >= 15 is 0 Å². The molecule has 0 aliphatic carbocycles. The Labute approximate surface area is 117 Å². The molecule has 0 aliphatic rings. The third-order valence-corrected chi connectivity index (χ3v) is 3.24. The van der Waals surface area contributed by atoms with Crippen LogP contribution in [0.5, 0.6) is 0 Å². The molecule has 0 saturated carbocycles. The first kappa shape index (κ1) is 12.4. The van der Waals surface area contributed by atoms with Crippen LogP contribution in [0.2, 0.25) is 0 Å². The summed E-state index contributed by atoms with van der Waals surface area (Å²) in [4.78, 5) is 0. The van der Waals surface area contributed by atoms with Crippen LogP contribution in [0.3, 0.4) is 0 Å². The van der Waals surface area contributed by atoms with Crippen molar-refractivity contribution in [2.45, 2.75) is 12.3 Å². The van der Waals surface area contributed by atoms with Gasteiger partial charge in [0, 0.05) is 0 Å². The lowest BCUT2D eigenvalue weighted by Gasteiger charge is -2.13. The number of hydrogen-bond acceptors (Lipinski definition) is 4. The molecule has 2 aromatic carbocycles. The van der Waals surface area contributed by atoms with Gasteiger partial charge in [-0.25, -0.2) is 0 Å². The van der Waals surface area contributed by atoms with E-state index in [1.165, 1.54) is 5.56 Å². The molecular weight excluding hydrogens is 250 g/mol. The first-order valence-electron chi connectivity index (χ1n) is 6.50. The summed E-state index contributed by atoms with van der Waals surface area (Å²) in [6.45, 7) is 0. The van der Waals surface area contributed by atoms with Crippen LogP contribution >= 0.6 is 0 Å². The lowest BCUT2D eigenvalue weighted by Crippen LogP contribution is -2.05. The summed E-state index contributed by atoms with van der Waals surface area (Å²) in [5, 5.41) is 7.81. The predicted molar refractivity (Wildman–Crippen MR) is 77.1 cm³/mol. The van der Waals surface area contributed by atoms with Crippen molar-refractivity contribution in [3.8, 4) is 0 Å². The van der Waals surface area contributed by atoms with E-state index < -0.39 is 0 Å². The largest absolute Gasteiger partial charge is 0.408 e. The second-order valence-electron chi connectivity index (χ2n) is 4.63. The topological polar surface area (TPSA) is 64.9 Å². The van der Waals surface area contributed by atoms with Crippen LogP contribution in [0.1, 0.15) is 22.9 Å². The molecule has 4 heteroatoms. The fourth-order valence-electron chi connectivity index (χ4n) is 2.27. The van der Waals surface area contributed by atoms with Gasteiger partial charge in [0.25, 0.3) is 0 Å². The van der Waals surface area contributed by atoms with Gasteiger partial charge in [-0.2, -0.15) is 0 Å². The highest BCUT2D eigenvalue weighted by atomic mass is 16.4. The Bertz CT molecular complexity index is 664. The lowest BCUT2D eigenvalue weighted by atomic mass is 9.92. The van der Waals surface area contributed by atoms with E-state index in [-0.39, 0.29) is 11.9 Å². The van der Waals surface area contributed by atoms with Gasteiger partial charge < -0.3 is 10.2 Å². The fourth-order valence-corrected chi connectivity index (χ4v) is 2.27. The molecule has 100 valence electrons. The summed E-state index contributed by atoms with van der Waals surface area (Å²) >= 11 is 0. The molecule has 3 aromatic rings. The fraction of sp³-hybridized carbons (Fsp3) is 0.125. The zero-order valence-electron chi connectivity index (χ0n) is 10.9. The van der Waals surface area contributed by atoms with Gasteiger partial charge in [0.1, 0.15) is 0 Å². The van der Waals surface area contributed by atoms with Gasteiger partial charge in [-0.3, -0.25) is 0 Å². The van der Waals surface area contributed by atoms with Crippen LogP contribution in [0.15, 0.2) is 65.1 Å². The highest BCUT2D eigenvalue weighted by Gasteiger charge is 2.20. The molecule has 0 bridgehead atoms. The molecule has 0 spiro atoms. The van der Waals surface area contributed by atoms with E-state index in [0.29, 0.717) is 5.89 Å². The summed E-state index contributed by atoms with van der Waals surface area (Å²) in [6, 6.07) is 20.5. The van der Waals surface area contributed by atoms with Crippen LogP contribution < -0.4 is 5.73 Å². The summed E-state index contributed by atoms with van der Waals surface area (Å²) in [5.41, 5.74) is 7.91. The molecule has 20 heavy (non-hydrogen) atoms. The molecule has 1 aromatic heterocycles. The third-order valence-electron chi connectivity index (χ3n) is 3.24. The van der Waals surface area contributed by atoms with E-state index in [1.807, 2.05) is 36.4 Å². The van der Waals surface area contributed by atoms with E-state index in [4.69, 9.17) is 10.2 Å². The van der Waals surface area contributed by atoms with Crippen LogP contribution in [0, 0.1) is 0 Å². The van der Waals surface area contributed by atoms with Crippen molar-refractivity contribution in [1.29, 1.82) is 0 Å². The molecular formula is C16H15N3O. The van der Waals surface area contributed by atoms with Crippen molar-refractivity contribution in [2.75, 3.05) is 5.73 Å². The van der Waals surface area contributed by atoms with Crippen molar-refractivity contribution < 1.29 is 4.42 Å². The zero-order valence-corrected chi connectivity index (χ0v) is 10.9. The Morgan fingerprint density at radius 1 is 0.900 bits per heavy atom. The minimum absolute atomic E-state index is 0.0170. The highest BCUT2D eigenvalue weighted by Crippen LogP contribution is 2.27. The van der Waals surface area contributed by atoms with Gasteiger partial charge in [0.05, 0.1) is 5.92 Å². The Kier molecular flexibility index (Phi) is 3.46. The van der Waals surface area contributed by atoms with Crippen LogP contribution in [0.4, 0.5) is 6.01 Å². The quantitative estimate of drug-likeness (QED) is 0.787. The second kappa shape index (κ2) is 5.57. The molecule has 0 radical (unpaired) electrons. The van der Waals surface area contributed by atoms with E-state index in [1.54, 1.807) is 0 Å². The minimum Gasteiger partial charge on any atom is -0.408 e. The number of hydrogen-bond donors (Lipinski definition) is 1. The highest BCUT2D eigenvalue weighted by molar-refractivity contribution is 5.29. The van der Waals surface area contributed by atoms with Crippen molar-refractivity contribution >= 4 is 6.01 Å². The maximum absolute atomic E-state index is 5.55. The van der Waals surface area contributed by atoms with Crippen molar-refractivity contribution in [3.05, 3.63) is 77.7 Å². The summed E-state index contributed by atoms with van der Waals surface area (Å²) in [5.74, 6) is 0.570. The van der Waals surface area contributed by atoms with Gasteiger partial charge >= 0.3 is 6.01 Å². The maximum Gasteiger partial charge on any atom is 0.312 e.